The smallest absolute Gasteiger partial charge is 0.255 e. The lowest BCUT2D eigenvalue weighted by Crippen LogP contribution is -2.32. The number of anilines is 1. The van der Waals surface area contributed by atoms with Crippen LogP contribution in [0.15, 0.2) is 47.4 Å². The molecule has 2 heterocycles. The first-order valence-corrected chi connectivity index (χ1v) is 13.2. The van der Waals surface area contributed by atoms with Crippen molar-refractivity contribution in [2.24, 2.45) is 0 Å². The van der Waals surface area contributed by atoms with Crippen LogP contribution >= 0.6 is 0 Å². The summed E-state index contributed by atoms with van der Waals surface area (Å²) in [5, 5.41) is 2.91. The fourth-order valence-corrected chi connectivity index (χ4v) is 6.08. The fourth-order valence-electron chi connectivity index (χ4n) is 4.53. The number of hydrogen-bond donors (Lipinski definition) is 1. The predicted molar refractivity (Wildman–Crippen MR) is 129 cm³/mol. The van der Waals surface area contributed by atoms with Crippen molar-refractivity contribution in [2.75, 3.05) is 38.2 Å². The Balaban J connectivity index is 1.47. The highest BCUT2D eigenvalue weighted by molar-refractivity contribution is 7.89. The van der Waals surface area contributed by atoms with Crippen LogP contribution in [0.4, 0.5) is 5.69 Å². The second-order valence-corrected chi connectivity index (χ2v) is 10.7. The second-order valence-electron chi connectivity index (χ2n) is 8.72. The molecule has 0 atom stereocenters. The Morgan fingerprint density at radius 1 is 0.909 bits per heavy atom. The molecule has 2 aromatic carbocycles. The van der Waals surface area contributed by atoms with Gasteiger partial charge < -0.3 is 15.0 Å². The molecule has 4 rings (SSSR count). The summed E-state index contributed by atoms with van der Waals surface area (Å²) in [4.78, 5) is 15.5. The first-order valence-electron chi connectivity index (χ1n) is 11.8. The van der Waals surface area contributed by atoms with Gasteiger partial charge in [-0.1, -0.05) is 25.0 Å². The highest BCUT2D eigenvalue weighted by Crippen LogP contribution is 2.26. The summed E-state index contributed by atoms with van der Waals surface area (Å²) in [6.07, 6.45) is 6.26. The quantitative estimate of drug-likeness (QED) is 0.665. The Bertz CT molecular complexity index is 1060. The lowest BCUT2D eigenvalue weighted by molar-refractivity contribution is 0.0947. The van der Waals surface area contributed by atoms with Crippen LogP contribution in [0.2, 0.25) is 0 Å². The fraction of sp³-hybridized carbons (Fsp3) is 0.480. The molecule has 1 N–H and O–H groups in total. The van der Waals surface area contributed by atoms with Crippen LogP contribution in [0.5, 0.6) is 5.75 Å². The van der Waals surface area contributed by atoms with Crippen molar-refractivity contribution < 1.29 is 17.9 Å². The average molecular weight is 472 g/mol. The van der Waals surface area contributed by atoms with Gasteiger partial charge in [0, 0.05) is 38.4 Å². The Labute approximate surface area is 196 Å². The Kier molecular flexibility index (Phi) is 7.55. The Morgan fingerprint density at radius 2 is 1.55 bits per heavy atom. The summed E-state index contributed by atoms with van der Waals surface area (Å²) in [6.45, 7) is 3.57. The van der Waals surface area contributed by atoms with Crippen LogP contribution in [-0.2, 0) is 16.6 Å². The molecule has 33 heavy (non-hydrogen) atoms. The molecule has 2 saturated heterocycles. The molecule has 2 aliphatic heterocycles. The number of ether oxygens (including phenoxy) is 1. The van der Waals surface area contributed by atoms with Crippen LogP contribution < -0.4 is 15.0 Å². The molecule has 8 heteroatoms. The largest absolute Gasteiger partial charge is 0.496 e. The summed E-state index contributed by atoms with van der Waals surface area (Å²) < 4.78 is 33.3. The Hall–Kier alpha value is -2.58. The summed E-state index contributed by atoms with van der Waals surface area (Å²) >= 11 is 0. The predicted octanol–water partition coefficient (Wildman–Crippen LogP) is 3.79. The van der Waals surface area contributed by atoms with Crippen molar-refractivity contribution in [3.8, 4) is 5.75 Å². The molecular formula is C25H33N3O4S. The van der Waals surface area contributed by atoms with Crippen molar-refractivity contribution in [3.05, 3.63) is 53.6 Å². The minimum atomic E-state index is -3.65. The minimum absolute atomic E-state index is 0.130. The van der Waals surface area contributed by atoms with Crippen LogP contribution in [0.3, 0.4) is 0 Å². The van der Waals surface area contributed by atoms with Gasteiger partial charge in [0.25, 0.3) is 5.91 Å². The van der Waals surface area contributed by atoms with Gasteiger partial charge in [0.1, 0.15) is 5.75 Å². The number of hydrogen-bond acceptors (Lipinski definition) is 5. The molecule has 7 nitrogen and oxygen atoms in total. The number of benzene rings is 2. The monoisotopic (exact) mass is 471 g/mol. The summed E-state index contributed by atoms with van der Waals surface area (Å²) in [6, 6.07) is 12.7. The SMILES string of the molecule is COc1ccc(S(=O)(=O)N2CCCCCC2)cc1C(=O)NCc1ccc(N2CCCC2)cc1. The number of carbonyl (C=O) groups excluding carboxylic acids is 1. The van der Waals surface area contributed by atoms with E-state index in [2.05, 4.69) is 22.3 Å². The van der Waals surface area contributed by atoms with E-state index < -0.39 is 10.0 Å². The molecule has 0 aromatic heterocycles. The molecule has 0 unspecified atom stereocenters. The van der Waals surface area contributed by atoms with Crippen molar-refractivity contribution in [2.45, 2.75) is 50.0 Å². The zero-order valence-electron chi connectivity index (χ0n) is 19.3. The Morgan fingerprint density at radius 3 is 2.18 bits per heavy atom. The van der Waals surface area contributed by atoms with Crippen LogP contribution in [0.1, 0.15) is 54.4 Å². The van der Waals surface area contributed by atoms with Gasteiger partial charge in [-0.05, 0) is 61.6 Å². The number of nitrogens with zero attached hydrogens (tertiary/aromatic N) is 2. The van der Waals surface area contributed by atoms with E-state index in [0.29, 0.717) is 25.4 Å². The molecule has 0 radical (unpaired) electrons. The third-order valence-electron chi connectivity index (χ3n) is 6.48. The zero-order chi connectivity index (χ0) is 23.3. The number of nitrogens with one attached hydrogen (secondary N) is 1. The summed E-state index contributed by atoms with van der Waals surface area (Å²) in [5.74, 6) is -0.00455. The van der Waals surface area contributed by atoms with Gasteiger partial charge in [-0.25, -0.2) is 8.42 Å². The third-order valence-corrected chi connectivity index (χ3v) is 8.37. The number of carbonyl (C=O) groups is 1. The van der Waals surface area contributed by atoms with Gasteiger partial charge in [0.05, 0.1) is 17.6 Å². The second kappa shape index (κ2) is 10.6. The van der Waals surface area contributed by atoms with Gasteiger partial charge >= 0.3 is 0 Å². The van der Waals surface area contributed by atoms with Crippen LogP contribution in [-0.4, -0.2) is 51.9 Å². The molecule has 2 fully saturated rings. The number of rotatable bonds is 7. The topological polar surface area (TPSA) is 79.0 Å². The number of amides is 1. The molecule has 178 valence electrons. The van der Waals surface area contributed by atoms with Crippen molar-refractivity contribution in [1.29, 1.82) is 0 Å². The molecule has 0 bridgehead atoms. The molecule has 0 aliphatic carbocycles. The molecular weight excluding hydrogens is 438 g/mol. The van der Waals surface area contributed by atoms with Gasteiger partial charge in [-0.2, -0.15) is 4.31 Å². The zero-order valence-corrected chi connectivity index (χ0v) is 20.1. The summed E-state index contributed by atoms with van der Waals surface area (Å²) in [7, 11) is -2.17. The van der Waals surface area contributed by atoms with Crippen molar-refractivity contribution in [1.82, 2.24) is 9.62 Å². The highest BCUT2D eigenvalue weighted by Gasteiger charge is 2.27. The first kappa shape index (κ1) is 23.6. The standard InChI is InChI=1S/C25H33N3O4S/c1-32-24-13-12-22(33(30,31)28-16-4-2-3-5-17-28)18-23(24)25(29)26-19-20-8-10-21(11-9-20)27-14-6-7-15-27/h8-13,18H,2-7,14-17,19H2,1H3,(H,26,29). The van der Waals surface area contributed by atoms with Gasteiger partial charge in [-0.3, -0.25) is 4.79 Å². The molecule has 0 saturated carbocycles. The van der Waals surface area contributed by atoms with E-state index in [1.807, 2.05) is 12.1 Å². The van der Waals surface area contributed by atoms with Crippen LogP contribution in [0.25, 0.3) is 0 Å². The van der Waals surface area contributed by atoms with E-state index in [0.717, 1.165) is 44.3 Å². The maximum Gasteiger partial charge on any atom is 0.255 e. The van der Waals surface area contributed by atoms with Gasteiger partial charge in [0.15, 0.2) is 0 Å². The average Bonchev–Trinajstić information content (AvgIpc) is 3.24. The van der Waals surface area contributed by atoms with Crippen LogP contribution in [0, 0.1) is 0 Å². The van der Waals surface area contributed by atoms with Crippen molar-refractivity contribution in [3.63, 3.8) is 0 Å². The van der Waals surface area contributed by atoms with E-state index in [4.69, 9.17) is 4.74 Å². The molecule has 2 aromatic rings. The number of sulfonamides is 1. The molecule has 1 amide bonds. The lowest BCUT2D eigenvalue weighted by Gasteiger charge is -2.21. The van der Waals surface area contributed by atoms with Crippen molar-refractivity contribution >= 4 is 21.6 Å². The number of methoxy groups -OCH3 is 1. The van der Waals surface area contributed by atoms with E-state index in [9.17, 15) is 13.2 Å². The lowest BCUT2D eigenvalue weighted by atomic mass is 10.1. The van der Waals surface area contributed by atoms with E-state index in [1.165, 1.54) is 42.1 Å². The van der Waals surface area contributed by atoms with Gasteiger partial charge in [0.2, 0.25) is 10.0 Å². The summed E-state index contributed by atoms with van der Waals surface area (Å²) in [5.41, 5.74) is 2.41. The maximum atomic E-state index is 13.2. The molecule has 2 aliphatic rings. The molecule has 0 spiro atoms. The minimum Gasteiger partial charge on any atom is -0.496 e. The first-order chi connectivity index (χ1) is 16.0. The van der Waals surface area contributed by atoms with E-state index in [1.54, 1.807) is 6.07 Å². The maximum absolute atomic E-state index is 13.2. The normalized spacial score (nSPS) is 17.5. The van der Waals surface area contributed by atoms with Gasteiger partial charge in [-0.15, -0.1) is 0 Å². The highest BCUT2D eigenvalue weighted by atomic mass is 32.2. The van der Waals surface area contributed by atoms with E-state index >= 15 is 0 Å². The van der Waals surface area contributed by atoms with E-state index in [-0.39, 0.29) is 16.4 Å². The third kappa shape index (κ3) is 5.50.